The number of hydrogen-bond acceptors (Lipinski definition) is 4. The van der Waals surface area contributed by atoms with Gasteiger partial charge in [0.15, 0.2) is 0 Å². The third kappa shape index (κ3) is 2.60. The highest BCUT2D eigenvalue weighted by molar-refractivity contribution is 5.96. The van der Waals surface area contributed by atoms with Crippen LogP contribution >= 0.6 is 0 Å². The Hall–Kier alpha value is -1.75. The zero-order chi connectivity index (χ0) is 11.3. The molecule has 0 atom stereocenters. The molecule has 0 unspecified atom stereocenters. The minimum absolute atomic E-state index is 0.353. The lowest BCUT2D eigenvalue weighted by molar-refractivity contribution is 0.0950. The Morgan fingerprint density at radius 1 is 1.53 bits per heavy atom. The van der Waals surface area contributed by atoms with E-state index in [1.165, 1.54) is 7.11 Å². The van der Waals surface area contributed by atoms with Gasteiger partial charge in [0, 0.05) is 0 Å². The quantitative estimate of drug-likeness (QED) is 0.436. The summed E-state index contributed by atoms with van der Waals surface area (Å²) >= 11 is 0. The van der Waals surface area contributed by atoms with Gasteiger partial charge >= 0.3 is 0 Å². The first kappa shape index (κ1) is 11.3. The number of carbonyl (C=O) groups excluding carboxylic acids is 1. The van der Waals surface area contributed by atoms with Gasteiger partial charge in [0.25, 0.3) is 5.91 Å². The molecule has 82 valence electrons. The SMILES string of the molecule is CCOc1ccc(OC)c(C(=O)NN)c1. The van der Waals surface area contributed by atoms with Crippen molar-refractivity contribution in [2.24, 2.45) is 5.84 Å². The molecule has 0 saturated carbocycles. The maximum absolute atomic E-state index is 11.4. The van der Waals surface area contributed by atoms with Gasteiger partial charge in [0.05, 0.1) is 19.3 Å². The van der Waals surface area contributed by atoms with Gasteiger partial charge in [0.2, 0.25) is 0 Å². The normalized spacial score (nSPS) is 9.53. The monoisotopic (exact) mass is 210 g/mol. The summed E-state index contributed by atoms with van der Waals surface area (Å²) in [5.41, 5.74) is 2.40. The third-order valence-corrected chi connectivity index (χ3v) is 1.86. The lowest BCUT2D eigenvalue weighted by atomic mass is 10.2. The summed E-state index contributed by atoms with van der Waals surface area (Å²) in [6, 6.07) is 4.98. The summed E-state index contributed by atoms with van der Waals surface area (Å²) in [6.07, 6.45) is 0. The molecule has 0 bridgehead atoms. The second-order valence-electron chi connectivity index (χ2n) is 2.77. The van der Waals surface area contributed by atoms with E-state index in [4.69, 9.17) is 15.3 Å². The number of hydrazine groups is 1. The number of nitrogens with two attached hydrogens (primary N) is 1. The minimum Gasteiger partial charge on any atom is -0.496 e. The summed E-state index contributed by atoms with van der Waals surface area (Å²) in [7, 11) is 1.49. The maximum Gasteiger partial charge on any atom is 0.269 e. The lowest BCUT2D eigenvalue weighted by Gasteiger charge is -2.09. The van der Waals surface area contributed by atoms with Gasteiger partial charge in [-0.2, -0.15) is 0 Å². The lowest BCUT2D eigenvalue weighted by Crippen LogP contribution is -2.30. The van der Waals surface area contributed by atoms with Crippen LogP contribution in [-0.4, -0.2) is 19.6 Å². The second kappa shape index (κ2) is 5.21. The Bertz CT molecular complexity index is 353. The van der Waals surface area contributed by atoms with Crippen LogP contribution in [0.2, 0.25) is 0 Å². The summed E-state index contributed by atoms with van der Waals surface area (Å²) < 4.78 is 10.3. The van der Waals surface area contributed by atoms with Gasteiger partial charge in [-0.25, -0.2) is 5.84 Å². The molecule has 3 N–H and O–H groups in total. The van der Waals surface area contributed by atoms with Crippen LogP contribution in [0, 0.1) is 0 Å². The second-order valence-corrected chi connectivity index (χ2v) is 2.77. The molecule has 5 heteroatoms. The molecule has 5 nitrogen and oxygen atoms in total. The fourth-order valence-electron chi connectivity index (χ4n) is 1.20. The van der Waals surface area contributed by atoms with Crippen molar-refractivity contribution in [3.8, 4) is 11.5 Å². The minimum atomic E-state index is -0.409. The van der Waals surface area contributed by atoms with Crippen molar-refractivity contribution in [1.82, 2.24) is 5.43 Å². The standard InChI is InChI=1S/C10H14N2O3/c1-3-15-7-4-5-9(14-2)8(6-7)10(13)12-11/h4-6H,3,11H2,1-2H3,(H,12,13). The molecule has 15 heavy (non-hydrogen) atoms. The molecule has 0 radical (unpaired) electrons. The number of benzene rings is 1. The molecule has 0 fully saturated rings. The molecule has 1 aromatic carbocycles. The Morgan fingerprint density at radius 3 is 2.80 bits per heavy atom. The van der Waals surface area contributed by atoms with Crippen molar-refractivity contribution < 1.29 is 14.3 Å². The van der Waals surface area contributed by atoms with Crippen LogP contribution in [0.15, 0.2) is 18.2 Å². The molecular weight excluding hydrogens is 196 g/mol. The van der Waals surface area contributed by atoms with Crippen molar-refractivity contribution in [2.75, 3.05) is 13.7 Å². The van der Waals surface area contributed by atoms with Crippen LogP contribution in [0.1, 0.15) is 17.3 Å². The summed E-state index contributed by atoms with van der Waals surface area (Å²) in [4.78, 5) is 11.4. The summed E-state index contributed by atoms with van der Waals surface area (Å²) in [5.74, 6) is 5.71. The van der Waals surface area contributed by atoms with Gasteiger partial charge < -0.3 is 9.47 Å². The summed E-state index contributed by atoms with van der Waals surface area (Å²) in [5, 5.41) is 0. The highest BCUT2D eigenvalue weighted by Crippen LogP contribution is 2.23. The molecule has 0 spiro atoms. The van der Waals surface area contributed by atoms with E-state index in [0.717, 1.165) is 0 Å². The fourth-order valence-corrected chi connectivity index (χ4v) is 1.20. The number of carbonyl (C=O) groups is 1. The number of amides is 1. The van der Waals surface area contributed by atoms with Crippen LogP contribution < -0.4 is 20.7 Å². The largest absolute Gasteiger partial charge is 0.496 e. The Morgan fingerprint density at radius 2 is 2.27 bits per heavy atom. The van der Waals surface area contributed by atoms with Crippen molar-refractivity contribution in [3.05, 3.63) is 23.8 Å². The smallest absolute Gasteiger partial charge is 0.269 e. The van der Waals surface area contributed by atoms with Gasteiger partial charge in [-0.1, -0.05) is 0 Å². The van der Waals surface area contributed by atoms with E-state index in [9.17, 15) is 4.79 Å². The number of nitrogens with one attached hydrogen (secondary N) is 1. The highest BCUT2D eigenvalue weighted by atomic mass is 16.5. The van der Waals surface area contributed by atoms with E-state index in [1.807, 2.05) is 6.92 Å². The number of methoxy groups -OCH3 is 1. The molecular formula is C10H14N2O3. The van der Waals surface area contributed by atoms with Crippen LogP contribution in [0.3, 0.4) is 0 Å². The van der Waals surface area contributed by atoms with Gasteiger partial charge in [0.1, 0.15) is 11.5 Å². The first-order valence-corrected chi connectivity index (χ1v) is 4.54. The molecule has 0 aromatic heterocycles. The molecule has 0 heterocycles. The number of ether oxygens (including phenoxy) is 2. The van der Waals surface area contributed by atoms with Gasteiger partial charge in [-0.05, 0) is 25.1 Å². The Balaban J connectivity index is 3.07. The summed E-state index contributed by atoms with van der Waals surface area (Å²) in [6.45, 7) is 2.41. The number of rotatable bonds is 4. The van der Waals surface area contributed by atoms with E-state index in [1.54, 1.807) is 18.2 Å². The number of hydrogen-bond donors (Lipinski definition) is 2. The topological polar surface area (TPSA) is 73.6 Å². The molecule has 1 amide bonds. The molecule has 1 rings (SSSR count). The van der Waals surface area contributed by atoms with Crippen LogP contribution in [-0.2, 0) is 0 Å². The van der Waals surface area contributed by atoms with Crippen LogP contribution in [0.4, 0.5) is 0 Å². The molecule has 0 aliphatic rings. The number of nitrogen functional groups attached to an aromatic ring is 1. The van der Waals surface area contributed by atoms with Crippen LogP contribution in [0.25, 0.3) is 0 Å². The fraction of sp³-hybridized carbons (Fsp3) is 0.300. The third-order valence-electron chi connectivity index (χ3n) is 1.86. The van der Waals surface area contributed by atoms with Gasteiger partial charge in [-0.3, -0.25) is 10.2 Å². The highest BCUT2D eigenvalue weighted by Gasteiger charge is 2.12. The van der Waals surface area contributed by atoms with Crippen LogP contribution in [0.5, 0.6) is 11.5 Å². The predicted molar refractivity (Wildman–Crippen MR) is 55.8 cm³/mol. The molecule has 0 aliphatic carbocycles. The van der Waals surface area contributed by atoms with E-state index < -0.39 is 5.91 Å². The van der Waals surface area contributed by atoms with Crippen molar-refractivity contribution >= 4 is 5.91 Å². The zero-order valence-corrected chi connectivity index (χ0v) is 8.74. The first-order chi connectivity index (χ1) is 7.22. The molecule has 0 aliphatic heterocycles. The predicted octanol–water partition coefficient (Wildman–Crippen LogP) is 0.697. The average Bonchev–Trinajstić information content (AvgIpc) is 2.28. The van der Waals surface area contributed by atoms with E-state index in [-0.39, 0.29) is 0 Å². The first-order valence-electron chi connectivity index (χ1n) is 4.54. The van der Waals surface area contributed by atoms with Crippen molar-refractivity contribution in [2.45, 2.75) is 6.92 Å². The molecule has 1 aromatic rings. The van der Waals surface area contributed by atoms with E-state index in [0.29, 0.717) is 23.7 Å². The average molecular weight is 210 g/mol. The Kier molecular flexibility index (Phi) is 3.93. The maximum atomic E-state index is 11.4. The molecule has 0 saturated heterocycles. The Labute approximate surface area is 88.1 Å². The van der Waals surface area contributed by atoms with Crippen molar-refractivity contribution in [1.29, 1.82) is 0 Å². The van der Waals surface area contributed by atoms with Crippen molar-refractivity contribution in [3.63, 3.8) is 0 Å². The van der Waals surface area contributed by atoms with E-state index in [2.05, 4.69) is 5.43 Å². The van der Waals surface area contributed by atoms with Gasteiger partial charge in [-0.15, -0.1) is 0 Å². The zero-order valence-electron chi connectivity index (χ0n) is 8.74. The van der Waals surface area contributed by atoms with E-state index >= 15 is 0 Å².